The number of piperazine rings is 1. The van der Waals surface area contributed by atoms with E-state index in [0.717, 1.165) is 11.8 Å². The van der Waals surface area contributed by atoms with Crippen LogP contribution in [0.4, 0.5) is 4.79 Å². The van der Waals surface area contributed by atoms with Crippen LogP contribution in [0.2, 0.25) is 0 Å². The standard InChI is InChI=1S/C16H25N5O4S2/c1-11(2)14(15(22)19-16(17)23)26-13-5-4-12(10-18-13)27(24,25)21-8-6-20(3)7-9-21/h4-5,10-11,14H,6-9H2,1-3H3,(H3,17,19,22,23). The van der Waals surface area contributed by atoms with E-state index < -0.39 is 27.2 Å². The summed E-state index contributed by atoms with van der Waals surface area (Å²) in [7, 11) is -1.63. The number of carbonyl (C=O) groups is 2. The van der Waals surface area contributed by atoms with Gasteiger partial charge in [0.25, 0.3) is 0 Å². The molecule has 2 heterocycles. The fourth-order valence-corrected chi connectivity index (χ4v) is 4.91. The molecule has 2 rings (SSSR count). The summed E-state index contributed by atoms with van der Waals surface area (Å²) >= 11 is 1.16. The molecule has 1 atom stereocenters. The van der Waals surface area contributed by atoms with Crippen molar-refractivity contribution < 1.29 is 18.0 Å². The highest BCUT2D eigenvalue weighted by Gasteiger charge is 2.29. The summed E-state index contributed by atoms with van der Waals surface area (Å²) in [5, 5.41) is 1.98. The molecule has 150 valence electrons. The SMILES string of the molecule is CC(C)C(Sc1ccc(S(=O)(=O)N2CCN(C)CC2)cn1)C(=O)NC(N)=O. The van der Waals surface area contributed by atoms with Crippen LogP contribution in [-0.4, -0.2) is 73.0 Å². The van der Waals surface area contributed by atoms with Crippen LogP contribution in [0.1, 0.15) is 13.8 Å². The number of nitrogens with two attached hydrogens (primary N) is 1. The summed E-state index contributed by atoms with van der Waals surface area (Å²) in [5.74, 6) is -0.580. The number of urea groups is 1. The Balaban J connectivity index is 2.11. The Kier molecular flexibility index (Phi) is 7.20. The molecule has 0 spiro atoms. The fourth-order valence-electron chi connectivity index (χ4n) is 2.58. The van der Waals surface area contributed by atoms with E-state index in [0.29, 0.717) is 31.2 Å². The van der Waals surface area contributed by atoms with Gasteiger partial charge >= 0.3 is 6.03 Å². The Hall–Kier alpha value is -1.69. The highest BCUT2D eigenvalue weighted by Crippen LogP contribution is 2.28. The molecule has 0 aliphatic carbocycles. The minimum Gasteiger partial charge on any atom is -0.351 e. The number of rotatable bonds is 6. The van der Waals surface area contributed by atoms with Gasteiger partial charge in [0, 0.05) is 32.4 Å². The quantitative estimate of drug-likeness (QED) is 0.641. The molecule has 1 unspecified atom stereocenters. The van der Waals surface area contributed by atoms with Gasteiger partial charge in [0.05, 0.1) is 10.3 Å². The molecule has 1 aliphatic heterocycles. The minimum atomic E-state index is -3.58. The fraction of sp³-hybridized carbons (Fsp3) is 0.562. The van der Waals surface area contributed by atoms with Gasteiger partial charge in [-0.25, -0.2) is 18.2 Å². The molecule has 3 N–H and O–H groups in total. The normalized spacial score (nSPS) is 17.6. The number of thioether (sulfide) groups is 1. The first-order valence-electron chi connectivity index (χ1n) is 8.53. The Labute approximate surface area is 163 Å². The molecular weight excluding hydrogens is 390 g/mol. The minimum absolute atomic E-state index is 0.0788. The number of sulfonamides is 1. The van der Waals surface area contributed by atoms with Gasteiger partial charge in [0.1, 0.15) is 4.90 Å². The summed E-state index contributed by atoms with van der Waals surface area (Å²) < 4.78 is 26.9. The van der Waals surface area contributed by atoms with Gasteiger partial charge in [-0.3, -0.25) is 10.1 Å². The lowest BCUT2D eigenvalue weighted by atomic mass is 10.1. The Bertz CT molecular complexity index is 775. The van der Waals surface area contributed by atoms with Gasteiger partial charge in [-0.1, -0.05) is 25.6 Å². The predicted octanol–water partition coefficient (Wildman–Crippen LogP) is 0.329. The van der Waals surface area contributed by atoms with Crippen LogP contribution < -0.4 is 11.1 Å². The molecule has 1 aromatic heterocycles. The van der Waals surface area contributed by atoms with E-state index in [4.69, 9.17) is 5.73 Å². The molecule has 0 aromatic carbocycles. The number of nitrogens with zero attached hydrogens (tertiary/aromatic N) is 3. The lowest BCUT2D eigenvalue weighted by molar-refractivity contribution is -0.120. The second-order valence-corrected chi connectivity index (χ2v) is 9.78. The molecule has 0 bridgehead atoms. The van der Waals surface area contributed by atoms with Crippen LogP contribution in [0.25, 0.3) is 0 Å². The van der Waals surface area contributed by atoms with E-state index in [1.165, 1.54) is 16.6 Å². The summed E-state index contributed by atoms with van der Waals surface area (Å²) in [6.07, 6.45) is 1.30. The van der Waals surface area contributed by atoms with Gasteiger partial charge < -0.3 is 10.6 Å². The third-order valence-electron chi connectivity index (χ3n) is 4.17. The van der Waals surface area contributed by atoms with Crippen molar-refractivity contribution in [2.45, 2.75) is 29.0 Å². The van der Waals surface area contributed by atoms with Crippen LogP contribution in [-0.2, 0) is 14.8 Å². The van der Waals surface area contributed by atoms with Crippen molar-refractivity contribution in [3.05, 3.63) is 18.3 Å². The first-order valence-corrected chi connectivity index (χ1v) is 10.8. The number of hydrogen-bond donors (Lipinski definition) is 2. The van der Waals surface area contributed by atoms with Crippen molar-refractivity contribution in [3.8, 4) is 0 Å². The number of hydrogen-bond acceptors (Lipinski definition) is 7. The van der Waals surface area contributed by atoms with Crippen molar-refractivity contribution in [1.82, 2.24) is 19.5 Å². The number of amides is 3. The molecule has 1 aliphatic rings. The van der Waals surface area contributed by atoms with Crippen LogP contribution >= 0.6 is 11.8 Å². The highest BCUT2D eigenvalue weighted by molar-refractivity contribution is 8.00. The number of nitrogens with one attached hydrogen (secondary N) is 1. The molecular formula is C16H25N5O4S2. The Morgan fingerprint density at radius 3 is 2.33 bits per heavy atom. The maximum absolute atomic E-state index is 12.7. The van der Waals surface area contributed by atoms with Crippen molar-refractivity contribution in [3.63, 3.8) is 0 Å². The van der Waals surface area contributed by atoms with Crippen molar-refractivity contribution >= 4 is 33.7 Å². The third kappa shape index (κ3) is 5.64. The molecule has 27 heavy (non-hydrogen) atoms. The smallest absolute Gasteiger partial charge is 0.318 e. The Morgan fingerprint density at radius 2 is 1.85 bits per heavy atom. The monoisotopic (exact) mass is 415 g/mol. The summed E-state index contributed by atoms with van der Waals surface area (Å²) in [6, 6.07) is 2.15. The summed E-state index contributed by atoms with van der Waals surface area (Å²) in [6.45, 7) is 5.93. The largest absolute Gasteiger partial charge is 0.351 e. The number of likely N-dealkylation sites (N-methyl/N-ethyl adjacent to an activating group) is 1. The zero-order chi connectivity index (χ0) is 20.2. The summed E-state index contributed by atoms with van der Waals surface area (Å²) in [4.78, 5) is 29.4. The molecule has 0 saturated carbocycles. The predicted molar refractivity (Wildman–Crippen MR) is 103 cm³/mol. The van der Waals surface area contributed by atoms with E-state index in [1.54, 1.807) is 6.07 Å². The van der Waals surface area contributed by atoms with Crippen LogP contribution in [0.5, 0.6) is 0 Å². The van der Waals surface area contributed by atoms with Crippen molar-refractivity contribution in [2.75, 3.05) is 33.2 Å². The second kappa shape index (κ2) is 9.00. The number of primary amides is 1. The Morgan fingerprint density at radius 1 is 1.22 bits per heavy atom. The highest BCUT2D eigenvalue weighted by atomic mass is 32.2. The van der Waals surface area contributed by atoms with Crippen LogP contribution in [0.3, 0.4) is 0 Å². The van der Waals surface area contributed by atoms with Gasteiger partial charge in [0.15, 0.2) is 0 Å². The van der Waals surface area contributed by atoms with Crippen LogP contribution in [0, 0.1) is 5.92 Å². The number of pyridine rings is 1. The molecule has 3 amide bonds. The van der Waals surface area contributed by atoms with Crippen molar-refractivity contribution in [1.29, 1.82) is 0 Å². The number of carbonyl (C=O) groups excluding carboxylic acids is 2. The van der Waals surface area contributed by atoms with E-state index >= 15 is 0 Å². The first-order chi connectivity index (χ1) is 12.6. The van der Waals surface area contributed by atoms with E-state index in [9.17, 15) is 18.0 Å². The van der Waals surface area contributed by atoms with Gasteiger partial charge in [-0.05, 0) is 25.1 Å². The third-order valence-corrected chi connectivity index (χ3v) is 7.54. The van der Waals surface area contributed by atoms with Gasteiger partial charge in [-0.2, -0.15) is 4.31 Å². The molecule has 9 nitrogen and oxygen atoms in total. The molecule has 1 saturated heterocycles. The van der Waals surface area contributed by atoms with Gasteiger partial charge in [-0.15, -0.1) is 0 Å². The number of imide groups is 1. The maximum atomic E-state index is 12.7. The first kappa shape index (κ1) is 21.6. The zero-order valence-corrected chi connectivity index (χ0v) is 17.2. The second-order valence-electron chi connectivity index (χ2n) is 6.68. The average molecular weight is 416 g/mol. The topological polar surface area (TPSA) is 126 Å². The lowest BCUT2D eigenvalue weighted by Crippen LogP contribution is -2.47. The molecule has 0 radical (unpaired) electrons. The number of aromatic nitrogens is 1. The average Bonchev–Trinajstić information content (AvgIpc) is 2.59. The van der Waals surface area contributed by atoms with E-state index in [2.05, 4.69) is 15.2 Å². The molecule has 1 fully saturated rings. The maximum Gasteiger partial charge on any atom is 0.318 e. The van der Waals surface area contributed by atoms with Gasteiger partial charge in [0.2, 0.25) is 15.9 Å². The van der Waals surface area contributed by atoms with Crippen LogP contribution in [0.15, 0.2) is 28.3 Å². The van der Waals surface area contributed by atoms with E-state index in [-0.39, 0.29) is 10.8 Å². The summed E-state index contributed by atoms with van der Waals surface area (Å²) in [5.41, 5.74) is 5.00. The molecule has 11 heteroatoms. The van der Waals surface area contributed by atoms with E-state index in [1.807, 2.05) is 20.9 Å². The zero-order valence-electron chi connectivity index (χ0n) is 15.6. The van der Waals surface area contributed by atoms with Crippen molar-refractivity contribution in [2.24, 2.45) is 11.7 Å². The lowest BCUT2D eigenvalue weighted by Gasteiger charge is -2.31. The molecule has 1 aromatic rings.